The van der Waals surface area contributed by atoms with Crippen molar-refractivity contribution in [2.24, 2.45) is 11.7 Å². The quantitative estimate of drug-likeness (QED) is 0.848. The van der Waals surface area contributed by atoms with Crippen molar-refractivity contribution >= 4 is 23.2 Å². The fourth-order valence-corrected chi connectivity index (χ4v) is 3.79. The van der Waals surface area contributed by atoms with Crippen molar-refractivity contribution in [3.63, 3.8) is 0 Å². The maximum atomic E-state index is 5.74. The summed E-state index contributed by atoms with van der Waals surface area (Å²) in [6.45, 7) is 3.04. The van der Waals surface area contributed by atoms with Gasteiger partial charge < -0.3 is 10.6 Å². The van der Waals surface area contributed by atoms with Gasteiger partial charge in [-0.05, 0) is 44.6 Å². The van der Waals surface area contributed by atoms with E-state index in [-0.39, 0.29) is 0 Å². The summed E-state index contributed by atoms with van der Waals surface area (Å²) in [4.78, 5) is 12.0. The second kappa shape index (κ2) is 5.64. The number of aryl methyl sites for hydroxylation is 1. The number of nitrogens with zero attached hydrogens (tertiary/aromatic N) is 3. The van der Waals surface area contributed by atoms with Crippen molar-refractivity contribution in [2.75, 3.05) is 11.4 Å². The highest BCUT2D eigenvalue weighted by Gasteiger charge is 2.34. The number of hydrogen-bond acceptors (Lipinski definition) is 4. The average molecular weight is 290 g/mol. The summed E-state index contributed by atoms with van der Waals surface area (Å²) in [6, 6.07) is 2.48. The number of nitrogens with two attached hydrogens (primary N) is 1. The maximum Gasteiger partial charge on any atom is 0.226 e. The Kier molecular flexibility index (Phi) is 3.87. The molecule has 0 aromatic carbocycles. The lowest BCUT2D eigenvalue weighted by atomic mass is 9.78. The molecule has 1 aromatic heterocycles. The summed E-state index contributed by atoms with van der Waals surface area (Å²) >= 11 is 5.07. The molecule has 2 N–H and O–H groups in total. The van der Waals surface area contributed by atoms with Crippen LogP contribution in [-0.2, 0) is 0 Å². The smallest absolute Gasteiger partial charge is 0.226 e. The first kappa shape index (κ1) is 13.7. The third-order valence-electron chi connectivity index (χ3n) is 4.59. The van der Waals surface area contributed by atoms with Gasteiger partial charge in [-0.2, -0.15) is 0 Å². The maximum absolute atomic E-state index is 5.74. The van der Waals surface area contributed by atoms with Crippen LogP contribution >= 0.6 is 12.2 Å². The van der Waals surface area contributed by atoms with Gasteiger partial charge >= 0.3 is 0 Å². The van der Waals surface area contributed by atoms with Crippen LogP contribution in [0.1, 0.15) is 49.9 Å². The molecule has 0 amide bonds. The minimum absolute atomic E-state index is 0.356. The monoisotopic (exact) mass is 290 g/mol. The first-order valence-corrected chi connectivity index (χ1v) is 7.98. The van der Waals surface area contributed by atoms with E-state index in [0.717, 1.165) is 24.1 Å². The van der Waals surface area contributed by atoms with Crippen LogP contribution in [-0.4, -0.2) is 27.5 Å². The van der Waals surface area contributed by atoms with E-state index in [0.29, 0.717) is 16.7 Å². The molecule has 0 bridgehead atoms. The molecule has 4 nitrogen and oxygen atoms in total. The molecule has 1 saturated heterocycles. The van der Waals surface area contributed by atoms with Crippen LogP contribution in [0.15, 0.2) is 6.07 Å². The van der Waals surface area contributed by atoms with Gasteiger partial charge in [0.1, 0.15) is 10.7 Å². The third kappa shape index (κ3) is 2.64. The third-order valence-corrected chi connectivity index (χ3v) is 4.80. The predicted molar refractivity (Wildman–Crippen MR) is 85.0 cm³/mol. The number of fused-ring (bicyclic) bond motifs is 1. The zero-order chi connectivity index (χ0) is 14.1. The molecule has 108 valence electrons. The Morgan fingerprint density at radius 3 is 2.80 bits per heavy atom. The van der Waals surface area contributed by atoms with Gasteiger partial charge in [-0.25, -0.2) is 9.97 Å². The van der Waals surface area contributed by atoms with E-state index >= 15 is 0 Å². The fourth-order valence-electron chi connectivity index (χ4n) is 3.68. The number of rotatable bonds is 2. The van der Waals surface area contributed by atoms with Gasteiger partial charge in [0, 0.05) is 18.3 Å². The summed E-state index contributed by atoms with van der Waals surface area (Å²) in [6.07, 6.45) is 7.92. The Balaban J connectivity index is 1.92. The normalized spacial score (nSPS) is 26.1. The Morgan fingerprint density at radius 2 is 2.00 bits per heavy atom. The van der Waals surface area contributed by atoms with Crippen molar-refractivity contribution in [3.05, 3.63) is 17.5 Å². The topological polar surface area (TPSA) is 55.0 Å². The molecule has 20 heavy (non-hydrogen) atoms. The highest BCUT2D eigenvalue weighted by atomic mass is 32.1. The Morgan fingerprint density at radius 1 is 1.25 bits per heavy atom. The minimum Gasteiger partial charge on any atom is -0.388 e. The standard InChI is InChI=1S/C15H22N4S/c1-10-9-12(14(16)20)18-15(17-10)19-8-4-6-11-5-2-3-7-13(11)19/h9,11,13H,2-8H2,1H3,(H2,16,20). The van der Waals surface area contributed by atoms with Crippen LogP contribution < -0.4 is 10.6 Å². The van der Waals surface area contributed by atoms with E-state index < -0.39 is 0 Å². The van der Waals surface area contributed by atoms with Gasteiger partial charge in [0.25, 0.3) is 0 Å². The SMILES string of the molecule is Cc1cc(C(N)=S)nc(N2CCCC3CCCCC32)n1. The molecule has 2 unspecified atom stereocenters. The number of anilines is 1. The molecule has 2 atom stereocenters. The van der Waals surface area contributed by atoms with Gasteiger partial charge in [0.15, 0.2) is 0 Å². The molecule has 2 aliphatic rings. The van der Waals surface area contributed by atoms with E-state index in [1.165, 1.54) is 38.5 Å². The minimum atomic E-state index is 0.356. The largest absolute Gasteiger partial charge is 0.388 e. The Labute approximate surface area is 125 Å². The van der Waals surface area contributed by atoms with Crippen molar-refractivity contribution in [1.29, 1.82) is 0 Å². The lowest BCUT2D eigenvalue weighted by Gasteiger charge is -2.44. The van der Waals surface area contributed by atoms with E-state index in [1.54, 1.807) is 0 Å². The van der Waals surface area contributed by atoms with Gasteiger partial charge in [-0.3, -0.25) is 0 Å². The number of piperidine rings is 1. The summed E-state index contributed by atoms with van der Waals surface area (Å²) in [5.41, 5.74) is 7.37. The zero-order valence-electron chi connectivity index (χ0n) is 12.0. The van der Waals surface area contributed by atoms with Crippen molar-refractivity contribution < 1.29 is 0 Å². The lowest BCUT2D eigenvalue weighted by molar-refractivity contribution is 0.241. The molecule has 0 spiro atoms. The summed E-state index contributed by atoms with van der Waals surface area (Å²) in [5.74, 6) is 1.64. The molecule has 2 fully saturated rings. The van der Waals surface area contributed by atoms with Gasteiger partial charge in [0.05, 0.1) is 0 Å². The van der Waals surface area contributed by atoms with Crippen molar-refractivity contribution in [3.8, 4) is 0 Å². The number of aromatic nitrogens is 2. The highest BCUT2D eigenvalue weighted by molar-refractivity contribution is 7.80. The average Bonchev–Trinajstić information content (AvgIpc) is 2.46. The first-order valence-electron chi connectivity index (χ1n) is 7.57. The van der Waals surface area contributed by atoms with Crippen LogP contribution in [0.5, 0.6) is 0 Å². The fraction of sp³-hybridized carbons (Fsp3) is 0.667. The summed E-state index contributed by atoms with van der Waals surface area (Å²) in [5, 5.41) is 0. The second-order valence-electron chi connectivity index (χ2n) is 6.01. The molecule has 1 saturated carbocycles. The van der Waals surface area contributed by atoms with E-state index in [1.807, 2.05) is 13.0 Å². The Bertz CT molecular complexity index is 515. The first-order chi connectivity index (χ1) is 9.65. The molecule has 1 aromatic rings. The summed E-state index contributed by atoms with van der Waals surface area (Å²) < 4.78 is 0. The van der Waals surface area contributed by atoms with E-state index in [2.05, 4.69) is 14.9 Å². The van der Waals surface area contributed by atoms with Gasteiger partial charge in [-0.15, -0.1) is 0 Å². The van der Waals surface area contributed by atoms with Crippen LogP contribution in [0.3, 0.4) is 0 Å². The predicted octanol–water partition coefficient (Wildman–Crippen LogP) is 2.58. The molecule has 1 aliphatic carbocycles. The number of hydrogen-bond donors (Lipinski definition) is 1. The van der Waals surface area contributed by atoms with E-state index in [4.69, 9.17) is 18.0 Å². The van der Waals surface area contributed by atoms with Crippen molar-refractivity contribution in [1.82, 2.24) is 9.97 Å². The second-order valence-corrected chi connectivity index (χ2v) is 6.45. The van der Waals surface area contributed by atoms with Crippen LogP contribution in [0, 0.1) is 12.8 Å². The van der Waals surface area contributed by atoms with Crippen molar-refractivity contribution in [2.45, 2.75) is 51.5 Å². The molecular weight excluding hydrogens is 268 g/mol. The highest BCUT2D eigenvalue weighted by Crippen LogP contribution is 2.36. The molecular formula is C15H22N4S. The molecule has 0 radical (unpaired) electrons. The van der Waals surface area contributed by atoms with E-state index in [9.17, 15) is 0 Å². The van der Waals surface area contributed by atoms with Gasteiger partial charge in [0.2, 0.25) is 5.95 Å². The van der Waals surface area contributed by atoms with Crippen LogP contribution in [0.25, 0.3) is 0 Å². The lowest BCUT2D eigenvalue weighted by Crippen LogP contribution is -2.47. The zero-order valence-corrected chi connectivity index (χ0v) is 12.8. The molecule has 2 heterocycles. The molecule has 1 aliphatic heterocycles. The summed E-state index contributed by atoms with van der Waals surface area (Å²) in [7, 11) is 0. The van der Waals surface area contributed by atoms with Gasteiger partial charge in [-0.1, -0.05) is 25.1 Å². The van der Waals surface area contributed by atoms with Crippen LogP contribution in [0.2, 0.25) is 0 Å². The molecule has 5 heteroatoms. The van der Waals surface area contributed by atoms with Crippen LogP contribution in [0.4, 0.5) is 5.95 Å². The molecule has 3 rings (SSSR count). The Hall–Kier alpha value is -1.23. The number of thiocarbonyl (C=S) groups is 1.